The Bertz CT molecular complexity index is 566. The molecule has 0 saturated carbocycles. The highest BCUT2D eigenvalue weighted by Gasteiger charge is 2.07. The number of hydrogen-bond acceptors (Lipinski definition) is 1. The van der Waals surface area contributed by atoms with Crippen molar-refractivity contribution in [2.45, 2.75) is 26.4 Å². The molecule has 1 N–H and O–H groups in total. The molecule has 0 spiro atoms. The van der Waals surface area contributed by atoms with Crippen molar-refractivity contribution in [3.8, 4) is 11.1 Å². The van der Waals surface area contributed by atoms with Crippen molar-refractivity contribution >= 4 is 11.6 Å². The molecule has 0 aliphatic carbocycles. The summed E-state index contributed by atoms with van der Waals surface area (Å²) in [4.78, 5) is 0. The van der Waals surface area contributed by atoms with Gasteiger partial charge in [-0.2, -0.15) is 0 Å². The predicted molar refractivity (Wildman–Crippen MR) is 78.8 cm³/mol. The number of hydrogen-bond donors (Lipinski definition) is 1. The third kappa shape index (κ3) is 3.55. The molecule has 1 nitrogen and oxygen atoms in total. The van der Waals surface area contributed by atoms with Gasteiger partial charge in [0.05, 0.1) is 5.02 Å². The standard InChI is InChI=1S/C16H17ClFN/c1-11(2)19-10-13-5-3-4-6-14(13)12-7-8-16(18)15(17)9-12/h3-9,11,19H,10H2,1-2H3. The minimum Gasteiger partial charge on any atom is -0.310 e. The van der Waals surface area contributed by atoms with Gasteiger partial charge in [0.2, 0.25) is 0 Å². The van der Waals surface area contributed by atoms with Crippen LogP contribution in [0, 0.1) is 5.82 Å². The molecule has 0 aliphatic rings. The first kappa shape index (κ1) is 14.0. The Hall–Kier alpha value is -1.38. The molecular weight excluding hydrogens is 261 g/mol. The van der Waals surface area contributed by atoms with Gasteiger partial charge < -0.3 is 5.32 Å². The van der Waals surface area contributed by atoms with Crippen molar-refractivity contribution in [3.63, 3.8) is 0 Å². The molecular formula is C16H17ClFN. The van der Waals surface area contributed by atoms with Gasteiger partial charge >= 0.3 is 0 Å². The highest BCUT2D eigenvalue weighted by Crippen LogP contribution is 2.27. The lowest BCUT2D eigenvalue weighted by Gasteiger charge is -2.13. The Morgan fingerprint density at radius 2 is 1.89 bits per heavy atom. The summed E-state index contributed by atoms with van der Waals surface area (Å²) in [6, 6.07) is 13.3. The molecule has 0 heterocycles. The second-order valence-electron chi connectivity index (χ2n) is 4.82. The van der Waals surface area contributed by atoms with Gasteiger partial charge in [-0.1, -0.05) is 55.8 Å². The van der Waals surface area contributed by atoms with E-state index in [1.807, 2.05) is 18.2 Å². The smallest absolute Gasteiger partial charge is 0.141 e. The van der Waals surface area contributed by atoms with Crippen LogP contribution in [0.3, 0.4) is 0 Å². The van der Waals surface area contributed by atoms with Crippen molar-refractivity contribution in [2.24, 2.45) is 0 Å². The van der Waals surface area contributed by atoms with Crippen LogP contribution in [0.2, 0.25) is 5.02 Å². The van der Waals surface area contributed by atoms with E-state index in [2.05, 4.69) is 25.2 Å². The van der Waals surface area contributed by atoms with E-state index in [0.717, 1.165) is 17.7 Å². The number of halogens is 2. The fourth-order valence-corrected chi connectivity index (χ4v) is 2.11. The average Bonchev–Trinajstić information content (AvgIpc) is 2.40. The molecule has 0 amide bonds. The van der Waals surface area contributed by atoms with E-state index in [-0.39, 0.29) is 10.8 Å². The van der Waals surface area contributed by atoms with E-state index in [1.165, 1.54) is 11.6 Å². The van der Waals surface area contributed by atoms with Gasteiger partial charge in [0.25, 0.3) is 0 Å². The summed E-state index contributed by atoms with van der Waals surface area (Å²) in [6.45, 7) is 5.00. The van der Waals surface area contributed by atoms with Crippen molar-refractivity contribution in [2.75, 3.05) is 0 Å². The minimum absolute atomic E-state index is 0.157. The first-order valence-corrected chi connectivity index (χ1v) is 6.72. The molecule has 0 atom stereocenters. The maximum atomic E-state index is 13.2. The zero-order valence-electron chi connectivity index (χ0n) is 11.1. The highest BCUT2D eigenvalue weighted by atomic mass is 35.5. The van der Waals surface area contributed by atoms with Crippen molar-refractivity contribution < 1.29 is 4.39 Å². The Morgan fingerprint density at radius 3 is 2.58 bits per heavy atom. The van der Waals surface area contributed by atoms with E-state index >= 15 is 0 Å². The molecule has 2 aromatic rings. The summed E-state index contributed by atoms with van der Waals surface area (Å²) in [7, 11) is 0. The molecule has 3 heteroatoms. The Labute approximate surface area is 118 Å². The molecule has 100 valence electrons. The number of benzene rings is 2. The zero-order valence-corrected chi connectivity index (χ0v) is 11.8. The largest absolute Gasteiger partial charge is 0.310 e. The van der Waals surface area contributed by atoms with Gasteiger partial charge in [-0.25, -0.2) is 4.39 Å². The quantitative estimate of drug-likeness (QED) is 0.858. The van der Waals surface area contributed by atoms with Crippen LogP contribution in [0.1, 0.15) is 19.4 Å². The van der Waals surface area contributed by atoms with Gasteiger partial charge in [-0.05, 0) is 28.8 Å². The predicted octanol–water partition coefficient (Wildman–Crippen LogP) is 4.64. The van der Waals surface area contributed by atoms with Crippen LogP contribution in [0.4, 0.5) is 4.39 Å². The van der Waals surface area contributed by atoms with Crippen LogP contribution in [0.15, 0.2) is 42.5 Å². The van der Waals surface area contributed by atoms with Crippen LogP contribution in [0.25, 0.3) is 11.1 Å². The maximum Gasteiger partial charge on any atom is 0.141 e. The Balaban J connectivity index is 2.35. The molecule has 0 saturated heterocycles. The van der Waals surface area contributed by atoms with Crippen molar-refractivity contribution in [3.05, 3.63) is 58.9 Å². The lowest BCUT2D eigenvalue weighted by molar-refractivity contribution is 0.589. The highest BCUT2D eigenvalue weighted by molar-refractivity contribution is 6.31. The monoisotopic (exact) mass is 277 g/mol. The minimum atomic E-state index is -0.386. The second-order valence-corrected chi connectivity index (χ2v) is 5.23. The van der Waals surface area contributed by atoms with Crippen LogP contribution in [0.5, 0.6) is 0 Å². The topological polar surface area (TPSA) is 12.0 Å². The molecule has 19 heavy (non-hydrogen) atoms. The van der Waals surface area contributed by atoms with E-state index in [0.29, 0.717) is 6.04 Å². The zero-order chi connectivity index (χ0) is 13.8. The van der Waals surface area contributed by atoms with Crippen molar-refractivity contribution in [1.29, 1.82) is 0 Å². The average molecular weight is 278 g/mol. The van der Waals surface area contributed by atoms with Crippen molar-refractivity contribution in [1.82, 2.24) is 5.32 Å². The second kappa shape index (κ2) is 6.18. The van der Waals surface area contributed by atoms with Gasteiger partial charge in [0.15, 0.2) is 0 Å². The third-order valence-corrected chi connectivity index (χ3v) is 3.24. The molecule has 0 aliphatic heterocycles. The molecule has 2 rings (SSSR count). The van der Waals surface area contributed by atoms with Gasteiger partial charge in [0.1, 0.15) is 5.82 Å². The van der Waals surface area contributed by atoms with E-state index in [9.17, 15) is 4.39 Å². The number of rotatable bonds is 4. The Kier molecular flexibility index (Phi) is 4.56. The fraction of sp³-hybridized carbons (Fsp3) is 0.250. The normalized spacial score (nSPS) is 11.0. The molecule has 0 unspecified atom stereocenters. The van der Waals surface area contributed by atoms with Gasteiger partial charge in [0, 0.05) is 12.6 Å². The molecule has 0 radical (unpaired) electrons. The van der Waals surface area contributed by atoms with Gasteiger partial charge in [-0.15, -0.1) is 0 Å². The van der Waals surface area contributed by atoms with E-state index in [1.54, 1.807) is 12.1 Å². The van der Waals surface area contributed by atoms with E-state index in [4.69, 9.17) is 11.6 Å². The summed E-state index contributed by atoms with van der Waals surface area (Å²) in [5, 5.41) is 3.55. The summed E-state index contributed by atoms with van der Waals surface area (Å²) in [5.41, 5.74) is 3.20. The SMILES string of the molecule is CC(C)NCc1ccccc1-c1ccc(F)c(Cl)c1. The summed E-state index contributed by atoms with van der Waals surface area (Å²) >= 11 is 5.85. The first-order valence-electron chi connectivity index (χ1n) is 6.34. The molecule has 2 aromatic carbocycles. The summed E-state index contributed by atoms with van der Waals surface area (Å²) in [5.74, 6) is -0.386. The Morgan fingerprint density at radius 1 is 1.16 bits per heavy atom. The van der Waals surface area contributed by atoms with Crippen LogP contribution in [-0.2, 0) is 6.54 Å². The number of nitrogens with one attached hydrogen (secondary N) is 1. The van der Waals surface area contributed by atoms with Gasteiger partial charge in [-0.3, -0.25) is 0 Å². The lowest BCUT2D eigenvalue weighted by Crippen LogP contribution is -2.22. The molecule has 0 aromatic heterocycles. The third-order valence-electron chi connectivity index (χ3n) is 2.95. The van der Waals surface area contributed by atoms with Crippen LogP contribution >= 0.6 is 11.6 Å². The maximum absolute atomic E-state index is 13.2. The summed E-state index contributed by atoms with van der Waals surface area (Å²) in [6.07, 6.45) is 0. The van der Waals surface area contributed by atoms with Crippen LogP contribution < -0.4 is 5.32 Å². The lowest BCUT2D eigenvalue weighted by atomic mass is 9.99. The molecule has 0 bridgehead atoms. The fourth-order valence-electron chi connectivity index (χ4n) is 1.93. The molecule has 0 fully saturated rings. The van der Waals surface area contributed by atoms with E-state index < -0.39 is 0 Å². The summed E-state index contributed by atoms with van der Waals surface area (Å²) < 4.78 is 13.2. The van der Waals surface area contributed by atoms with Crippen LogP contribution in [-0.4, -0.2) is 6.04 Å². The first-order chi connectivity index (χ1) is 9.08.